The van der Waals surface area contributed by atoms with Gasteiger partial charge in [-0.15, -0.1) is 0 Å². The average molecular weight is 305 g/mol. The number of hydrogen-bond acceptors (Lipinski definition) is 3. The highest BCUT2D eigenvalue weighted by atomic mass is 35.5. The van der Waals surface area contributed by atoms with Crippen LogP contribution in [0, 0.1) is 5.92 Å². The molecule has 5 heteroatoms. The summed E-state index contributed by atoms with van der Waals surface area (Å²) in [4.78, 5) is 11.6. The Morgan fingerprint density at radius 3 is 2.53 bits per heavy atom. The second-order valence-electron chi connectivity index (χ2n) is 4.79. The molecular formula is C14H18Cl2O3. The Balaban J connectivity index is 2.41. The third-order valence-corrected chi connectivity index (χ3v) is 2.91. The van der Waals surface area contributed by atoms with Crippen LogP contribution in [0.15, 0.2) is 18.2 Å². The van der Waals surface area contributed by atoms with Crippen molar-refractivity contribution in [1.29, 1.82) is 0 Å². The normalized spacial score (nSPS) is 12.3. The summed E-state index contributed by atoms with van der Waals surface area (Å²) >= 11 is 11.7. The monoisotopic (exact) mass is 304 g/mol. The number of benzene rings is 1. The van der Waals surface area contributed by atoms with Gasteiger partial charge in [-0.2, -0.15) is 0 Å². The number of esters is 1. The molecule has 0 N–H and O–H groups in total. The average Bonchev–Trinajstić information content (AvgIpc) is 2.26. The molecule has 1 rings (SSSR count). The van der Waals surface area contributed by atoms with Gasteiger partial charge in [0, 0.05) is 5.02 Å². The maximum Gasteiger partial charge on any atom is 0.344 e. The summed E-state index contributed by atoms with van der Waals surface area (Å²) < 4.78 is 10.5. The molecule has 106 valence electrons. The molecule has 3 nitrogen and oxygen atoms in total. The van der Waals surface area contributed by atoms with Gasteiger partial charge in [0.2, 0.25) is 0 Å². The zero-order valence-corrected chi connectivity index (χ0v) is 12.8. The minimum atomic E-state index is -0.404. The van der Waals surface area contributed by atoms with Crippen LogP contribution in [0.3, 0.4) is 0 Å². The number of ether oxygens (including phenoxy) is 2. The van der Waals surface area contributed by atoms with Crippen molar-refractivity contribution in [1.82, 2.24) is 0 Å². The SMILES string of the molecule is CC(C)CC(C)OC(=O)COc1ccc(Cl)cc1Cl. The first kappa shape index (κ1) is 16.1. The summed E-state index contributed by atoms with van der Waals surface area (Å²) in [5.74, 6) is 0.494. The lowest BCUT2D eigenvalue weighted by Crippen LogP contribution is -2.21. The molecule has 0 radical (unpaired) electrons. The Labute approximate surface area is 123 Å². The number of rotatable bonds is 6. The maximum absolute atomic E-state index is 11.6. The molecule has 0 aliphatic rings. The first-order chi connectivity index (χ1) is 8.88. The van der Waals surface area contributed by atoms with E-state index in [1.165, 1.54) is 0 Å². The molecule has 0 spiro atoms. The number of carbonyl (C=O) groups excluding carboxylic acids is 1. The van der Waals surface area contributed by atoms with Crippen molar-refractivity contribution in [2.75, 3.05) is 6.61 Å². The van der Waals surface area contributed by atoms with Crippen molar-refractivity contribution in [2.45, 2.75) is 33.3 Å². The quantitative estimate of drug-likeness (QED) is 0.733. The van der Waals surface area contributed by atoms with Gasteiger partial charge in [-0.25, -0.2) is 4.79 Å². The smallest absolute Gasteiger partial charge is 0.344 e. The fourth-order valence-electron chi connectivity index (χ4n) is 1.70. The van der Waals surface area contributed by atoms with Gasteiger partial charge in [-0.1, -0.05) is 37.0 Å². The zero-order chi connectivity index (χ0) is 14.4. The molecule has 0 aromatic heterocycles. The molecule has 0 fully saturated rings. The van der Waals surface area contributed by atoms with Crippen LogP contribution in [-0.2, 0) is 9.53 Å². The minimum absolute atomic E-state index is 0.114. The summed E-state index contributed by atoms with van der Waals surface area (Å²) in [6, 6.07) is 4.83. The first-order valence-corrected chi connectivity index (χ1v) is 6.91. The van der Waals surface area contributed by atoms with Gasteiger partial charge in [0.25, 0.3) is 0 Å². The van der Waals surface area contributed by atoms with Crippen molar-refractivity contribution >= 4 is 29.2 Å². The molecule has 1 unspecified atom stereocenters. The summed E-state index contributed by atoms with van der Waals surface area (Å²) in [6.07, 6.45) is 0.713. The van der Waals surface area contributed by atoms with E-state index in [9.17, 15) is 4.79 Å². The van der Waals surface area contributed by atoms with Crippen LogP contribution < -0.4 is 4.74 Å². The highest BCUT2D eigenvalue weighted by Crippen LogP contribution is 2.27. The Kier molecular flexibility index (Phi) is 6.46. The highest BCUT2D eigenvalue weighted by Gasteiger charge is 2.12. The number of halogens is 2. The van der Waals surface area contributed by atoms with Gasteiger partial charge in [0.05, 0.1) is 11.1 Å². The fourth-order valence-corrected chi connectivity index (χ4v) is 2.16. The molecule has 0 bridgehead atoms. The molecule has 19 heavy (non-hydrogen) atoms. The summed E-state index contributed by atoms with van der Waals surface area (Å²) in [7, 11) is 0. The molecule has 0 aliphatic carbocycles. The van der Waals surface area contributed by atoms with Gasteiger partial charge < -0.3 is 9.47 Å². The molecule has 0 aliphatic heterocycles. The van der Waals surface area contributed by atoms with Crippen molar-refractivity contribution in [3.05, 3.63) is 28.2 Å². The predicted octanol–water partition coefficient (Wildman–Crippen LogP) is 4.35. The van der Waals surface area contributed by atoms with Crippen molar-refractivity contribution in [3.8, 4) is 5.75 Å². The standard InChI is InChI=1S/C14H18Cl2O3/c1-9(2)6-10(3)19-14(17)8-18-13-5-4-11(15)7-12(13)16/h4-5,7,9-10H,6,8H2,1-3H3. The summed E-state index contributed by atoms with van der Waals surface area (Å²) in [5, 5.41) is 0.890. The minimum Gasteiger partial charge on any atom is -0.480 e. The fraction of sp³-hybridized carbons (Fsp3) is 0.500. The van der Waals surface area contributed by atoms with Crippen LogP contribution in [0.5, 0.6) is 5.75 Å². The van der Waals surface area contributed by atoms with Crippen LogP contribution in [-0.4, -0.2) is 18.7 Å². The first-order valence-electron chi connectivity index (χ1n) is 6.15. The predicted molar refractivity (Wildman–Crippen MR) is 77.0 cm³/mol. The van der Waals surface area contributed by atoms with E-state index in [4.69, 9.17) is 32.7 Å². The van der Waals surface area contributed by atoms with Crippen LogP contribution in [0.1, 0.15) is 27.2 Å². The second kappa shape index (κ2) is 7.61. The van der Waals surface area contributed by atoms with E-state index < -0.39 is 5.97 Å². The third-order valence-electron chi connectivity index (χ3n) is 2.38. The van der Waals surface area contributed by atoms with Gasteiger partial charge in [-0.05, 0) is 37.5 Å². The lowest BCUT2D eigenvalue weighted by molar-refractivity contribution is -0.151. The van der Waals surface area contributed by atoms with Gasteiger partial charge >= 0.3 is 5.97 Å². The van der Waals surface area contributed by atoms with E-state index in [0.717, 1.165) is 6.42 Å². The van der Waals surface area contributed by atoms with E-state index in [1.54, 1.807) is 18.2 Å². The molecule has 0 saturated carbocycles. The van der Waals surface area contributed by atoms with Crippen molar-refractivity contribution in [3.63, 3.8) is 0 Å². The second-order valence-corrected chi connectivity index (χ2v) is 5.64. The Morgan fingerprint density at radius 1 is 1.26 bits per heavy atom. The van der Waals surface area contributed by atoms with Gasteiger partial charge in [-0.3, -0.25) is 0 Å². The molecular weight excluding hydrogens is 287 g/mol. The molecule has 1 aromatic rings. The van der Waals surface area contributed by atoms with Crippen LogP contribution >= 0.6 is 23.2 Å². The van der Waals surface area contributed by atoms with E-state index in [2.05, 4.69) is 13.8 Å². The zero-order valence-electron chi connectivity index (χ0n) is 11.3. The Bertz CT molecular complexity index is 433. The molecule has 0 amide bonds. The van der Waals surface area contributed by atoms with E-state index in [-0.39, 0.29) is 12.7 Å². The third kappa shape index (κ3) is 6.17. The van der Waals surface area contributed by atoms with Crippen LogP contribution in [0.25, 0.3) is 0 Å². The summed E-state index contributed by atoms with van der Waals surface area (Å²) in [6.45, 7) is 5.86. The van der Waals surface area contributed by atoms with Crippen molar-refractivity contribution in [2.24, 2.45) is 5.92 Å². The topological polar surface area (TPSA) is 35.5 Å². The highest BCUT2D eigenvalue weighted by molar-refractivity contribution is 6.35. The van der Waals surface area contributed by atoms with E-state index in [0.29, 0.717) is 21.7 Å². The van der Waals surface area contributed by atoms with Gasteiger partial charge in [0.15, 0.2) is 6.61 Å². The van der Waals surface area contributed by atoms with E-state index in [1.807, 2.05) is 6.92 Å². The maximum atomic E-state index is 11.6. The van der Waals surface area contributed by atoms with Crippen molar-refractivity contribution < 1.29 is 14.3 Å². The van der Waals surface area contributed by atoms with Gasteiger partial charge in [0.1, 0.15) is 5.75 Å². The lowest BCUT2D eigenvalue weighted by Gasteiger charge is -2.15. The molecule has 0 heterocycles. The molecule has 1 aromatic carbocycles. The molecule has 0 saturated heterocycles. The number of hydrogen-bond donors (Lipinski definition) is 0. The Morgan fingerprint density at radius 2 is 1.95 bits per heavy atom. The molecule has 1 atom stereocenters. The van der Waals surface area contributed by atoms with Crippen LogP contribution in [0.4, 0.5) is 0 Å². The van der Waals surface area contributed by atoms with Crippen LogP contribution in [0.2, 0.25) is 10.0 Å². The summed E-state index contributed by atoms with van der Waals surface area (Å²) in [5.41, 5.74) is 0. The lowest BCUT2D eigenvalue weighted by atomic mass is 10.1. The Hall–Kier alpha value is -0.930. The van der Waals surface area contributed by atoms with E-state index >= 15 is 0 Å². The largest absolute Gasteiger partial charge is 0.480 e. The number of carbonyl (C=O) groups is 1.